The molecule has 0 spiro atoms. The summed E-state index contributed by atoms with van der Waals surface area (Å²) in [5.74, 6) is 2.79. The summed E-state index contributed by atoms with van der Waals surface area (Å²) in [5.41, 5.74) is 0. The van der Waals surface area contributed by atoms with Crippen molar-refractivity contribution in [1.82, 2.24) is 0 Å². The first kappa shape index (κ1) is 7.60. The van der Waals surface area contributed by atoms with E-state index in [4.69, 9.17) is 5.11 Å². The van der Waals surface area contributed by atoms with Gasteiger partial charge in [-0.05, 0) is 43.4 Å². The highest BCUT2D eigenvalue weighted by Crippen LogP contribution is 2.47. The molecule has 1 nitrogen and oxygen atoms in total. The van der Waals surface area contributed by atoms with Crippen molar-refractivity contribution in [2.24, 2.45) is 17.8 Å². The molecule has 0 aromatic carbocycles. The Bertz CT molecular complexity index is 133. The zero-order chi connectivity index (χ0) is 7.68. The predicted molar refractivity (Wildman–Crippen MR) is 45.3 cm³/mol. The number of aliphatic hydroxyl groups is 1. The average Bonchev–Trinajstić information content (AvgIpc) is 2.68. The SMILES string of the molecule is OCC1CCCC2CC2CC1. The Hall–Kier alpha value is -0.0400. The average molecular weight is 154 g/mol. The van der Waals surface area contributed by atoms with E-state index < -0.39 is 0 Å². The molecule has 0 amide bonds. The molecule has 0 heterocycles. The third-order valence-electron chi connectivity index (χ3n) is 3.46. The minimum atomic E-state index is 0.428. The summed E-state index contributed by atoms with van der Waals surface area (Å²) in [7, 11) is 0. The molecule has 0 saturated heterocycles. The van der Waals surface area contributed by atoms with Gasteiger partial charge >= 0.3 is 0 Å². The first-order valence-corrected chi connectivity index (χ1v) is 5.01. The molecule has 0 radical (unpaired) electrons. The normalized spacial score (nSPS) is 43.9. The second-order valence-corrected chi connectivity index (χ2v) is 4.31. The molecule has 0 aliphatic heterocycles. The summed E-state index contributed by atoms with van der Waals surface area (Å²) in [6.07, 6.45) is 8.28. The van der Waals surface area contributed by atoms with E-state index >= 15 is 0 Å². The van der Waals surface area contributed by atoms with Crippen molar-refractivity contribution in [3.8, 4) is 0 Å². The van der Waals surface area contributed by atoms with E-state index in [-0.39, 0.29) is 0 Å². The molecule has 2 aliphatic rings. The molecule has 2 aliphatic carbocycles. The van der Waals surface area contributed by atoms with Gasteiger partial charge in [0.2, 0.25) is 0 Å². The van der Waals surface area contributed by atoms with Gasteiger partial charge in [0.1, 0.15) is 0 Å². The number of hydrogen-bond donors (Lipinski definition) is 1. The summed E-state index contributed by atoms with van der Waals surface area (Å²) in [5, 5.41) is 9.01. The molecule has 1 heteroatoms. The molecule has 0 aromatic rings. The van der Waals surface area contributed by atoms with Gasteiger partial charge in [0.05, 0.1) is 0 Å². The maximum Gasteiger partial charge on any atom is 0.0459 e. The molecule has 2 rings (SSSR count). The number of hydrogen-bond acceptors (Lipinski definition) is 1. The third-order valence-corrected chi connectivity index (χ3v) is 3.46. The van der Waals surface area contributed by atoms with Crippen LogP contribution in [-0.4, -0.2) is 11.7 Å². The van der Waals surface area contributed by atoms with Crippen LogP contribution in [0.1, 0.15) is 38.5 Å². The topological polar surface area (TPSA) is 20.2 Å². The van der Waals surface area contributed by atoms with Crippen molar-refractivity contribution in [3.05, 3.63) is 0 Å². The van der Waals surface area contributed by atoms with Crippen LogP contribution in [0, 0.1) is 17.8 Å². The van der Waals surface area contributed by atoms with Crippen molar-refractivity contribution in [2.75, 3.05) is 6.61 Å². The summed E-state index contributed by atoms with van der Waals surface area (Å²) < 4.78 is 0. The Kier molecular flexibility index (Phi) is 2.17. The van der Waals surface area contributed by atoms with Gasteiger partial charge in [-0.1, -0.05) is 12.8 Å². The Morgan fingerprint density at radius 2 is 1.82 bits per heavy atom. The lowest BCUT2D eigenvalue weighted by atomic mass is 9.92. The molecule has 64 valence electrons. The van der Waals surface area contributed by atoms with Gasteiger partial charge in [0, 0.05) is 6.61 Å². The monoisotopic (exact) mass is 154 g/mol. The van der Waals surface area contributed by atoms with E-state index in [2.05, 4.69) is 0 Å². The smallest absolute Gasteiger partial charge is 0.0459 e. The third kappa shape index (κ3) is 1.76. The minimum Gasteiger partial charge on any atom is -0.396 e. The van der Waals surface area contributed by atoms with Crippen LogP contribution in [0.2, 0.25) is 0 Å². The zero-order valence-electron chi connectivity index (χ0n) is 7.13. The van der Waals surface area contributed by atoms with Gasteiger partial charge < -0.3 is 5.11 Å². The molecular weight excluding hydrogens is 136 g/mol. The van der Waals surface area contributed by atoms with Crippen LogP contribution in [0.25, 0.3) is 0 Å². The van der Waals surface area contributed by atoms with E-state index in [1.165, 1.54) is 38.5 Å². The molecule has 2 saturated carbocycles. The Labute approximate surface area is 68.8 Å². The van der Waals surface area contributed by atoms with E-state index in [0.717, 1.165) is 11.8 Å². The molecule has 0 aromatic heterocycles. The Balaban J connectivity index is 1.80. The van der Waals surface area contributed by atoms with Crippen LogP contribution < -0.4 is 0 Å². The van der Waals surface area contributed by atoms with Gasteiger partial charge in [-0.3, -0.25) is 0 Å². The van der Waals surface area contributed by atoms with Crippen LogP contribution >= 0.6 is 0 Å². The van der Waals surface area contributed by atoms with Crippen LogP contribution in [0.15, 0.2) is 0 Å². The van der Waals surface area contributed by atoms with Gasteiger partial charge in [-0.25, -0.2) is 0 Å². The second-order valence-electron chi connectivity index (χ2n) is 4.31. The van der Waals surface area contributed by atoms with Crippen molar-refractivity contribution < 1.29 is 5.11 Å². The largest absolute Gasteiger partial charge is 0.396 e. The van der Waals surface area contributed by atoms with Gasteiger partial charge in [-0.2, -0.15) is 0 Å². The highest BCUT2D eigenvalue weighted by molar-refractivity contribution is 4.88. The first-order valence-electron chi connectivity index (χ1n) is 5.01. The van der Waals surface area contributed by atoms with E-state index in [0.29, 0.717) is 12.5 Å². The molecule has 3 atom stereocenters. The lowest BCUT2D eigenvalue weighted by Gasteiger charge is -2.16. The predicted octanol–water partition coefficient (Wildman–Crippen LogP) is 2.20. The molecular formula is C10H18O. The van der Waals surface area contributed by atoms with E-state index in [9.17, 15) is 0 Å². The van der Waals surface area contributed by atoms with Crippen molar-refractivity contribution in [1.29, 1.82) is 0 Å². The molecule has 2 fully saturated rings. The fourth-order valence-electron chi connectivity index (χ4n) is 2.46. The number of rotatable bonds is 1. The van der Waals surface area contributed by atoms with Gasteiger partial charge in [-0.15, -0.1) is 0 Å². The summed E-state index contributed by atoms with van der Waals surface area (Å²) >= 11 is 0. The van der Waals surface area contributed by atoms with Crippen LogP contribution in [0.3, 0.4) is 0 Å². The quantitative estimate of drug-likeness (QED) is 0.614. The summed E-state index contributed by atoms with van der Waals surface area (Å²) in [6.45, 7) is 0.428. The minimum absolute atomic E-state index is 0.428. The molecule has 11 heavy (non-hydrogen) atoms. The van der Waals surface area contributed by atoms with Gasteiger partial charge in [0.25, 0.3) is 0 Å². The Morgan fingerprint density at radius 1 is 1.00 bits per heavy atom. The summed E-state index contributed by atoms with van der Waals surface area (Å²) in [6, 6.07) is 0. The highest BCUT2D eigenvalue weighted by Gasteiger charge is 2.37. The number of fused-ring (bicyclic) bond motifs is 1. The molecule has 3 unspecified atom stereocenters. The van der Waals surface area contributed by atoms with E-state index in [1.54, 1.807) is 0 Å². The highest BCUT2D eigenvalue weighted by atomic mass is 16.3. The van der Waals surface area contributed by atoms with Crippen molar-refractivity contribution in [3.63, 3.8) is 0 Å². The maximum absolute atomic E-state index is 9.01. The lowest BCUT2D eigenvalue weighted by molar-refractivity contribution is 0.197. The van der Waals surface area contributed by atoms with E-state index in [1.807, 2.05) is 0 Å². The molecule has 0 bridgehead atoms. The number of aliphatic hydroxyl groups excluding tert-OH is 1. The first-order chi connectivity index (χ1) is 5.40. The van der Waals surface area contributed by atoms with Crippen molar-refractivity contribution >= 4 is 0 Å². The second kappa shape index (κ2) is 3.14. The standard InChI is InChI=1S/C10H18O/c11-7-8-2-1-3-9-6-10(9)5-4-8/h8-11H,1-7H2. The lowest BCUT2D eigenvalue weighted by Crippen LogP contribution is -2.08. The molecule has 1 N–H and O–H groups in total. The van der Waals surface area contributed by atoms with Crippen LogP contribution in [0.5, 0.6) is 0 Å². The van der Waals surface area contributed by atoms with Crippen molar-refractivity contribution in [2.45, 2.75) is 38.5 Å². The Morgan fingerprint density at radius 3 is 2.64 bits per heavy atom. The maximum atomic E-state index is 9.01. The zero-order valence-corrected chi connectivity index (χ0v) is 7.13. The van der Waals surface area contributed by atoms with Crippen LogP contribution in [-0.2, 0) is 0 Å². The van der Waals surface area contributed by atoms with Gasteiger partial charge in [0.15, 0.2) is 0 Å². The summed E-state index contributed by atoms with van der Waals surface area (Å²) in [4.78, 5) is 0. The fraction of sp³-hybridized carbons (Fsp3) is 1.00. The van der Waals surface area contributed by atoms with Crippen LogP contribution in [0.4, 0.5) is 0 Å². The fourth-order valence-corrected chi connectivity index (χ4v) is 2.46.